The Hall–Kier alpha value is -1.02. The molecule has 2 nitrogen and oxygen atoms in total. The second kappa shape index (κ2) is 6.79. The van der Waals surface area contributed by atoms with Crippen molar-refractivity contribution in [3.63, 3.8) is 0 Å². The second-order valence-electron chi connectivity index (χ2n) is 5.50. The van der Waals surface area contributed by atoms with Crippen LogP contribution in [0.5, 0.6) is 5.75 Å². The Labute approximate surface area is 111 Å². The quantitative estimate of drug-likeness (QED) is 0.755. The molecule has 2 rings (SSSR count). The molecule has 0 spiro atoms. The van der Waals surface area contributed by atoms with Gasteiger partial charge in [0, 0.05) is 12.6 Å². The number of nitrogens with one attached hydrogen (secondary N) is 1. The lowest BCUT2D eigenvalue weighted by Crippen LogP contribution is -2.15. The van der Waals surface area contributed by atoms with Crippen LogP contribution in [0.3, 0.4) is 0 Å². The van der Waals surface area contributed by atoms with Gasteiger partial charge < -0.3 is 10.1 Å². The van der Waals surface area contributed by atoms with E-state index >= 15 is 0 Å². The van der Waals surface area contributed by atoms with Crippen LogP contribution >= 0.6 is 0 Å². The van der Waals surface area contributed by atoms with Gasteiger partial charge in [-0.15, -0.1) is 0 Å². The average molecular weight is 247 g/mol. The average Bonchev–Trinajstić information content (AvgIpc) is 3.19. The number of ether oxygens (including phenoxy) is 1. The minimum absolute atomic E-state index is 0.645. The van der Waals surface area contributed by atoms with E-state index in [2.05, 4.69) is 43.4 Å². The van der Waals surface area contributed by atoms with E-state index in [-0.39, 0.29) is 0 Å². The first kappa shape index (κ1) is 13.4. The number of hydrogen-bond donors (Lipinski definition) is 1. The lowest BCUT2D eigenvalue weighted by molar-refractivity contribution is 0.251. The summed E-state index contributed by atoms with van der Waals surface area (Å²) in [6, 6.07) is 9.27. The number of benzene rings is 1. The molecule has 1 aromatic rings. The van der Waals surface area contributed by atoms with Gasteiger partial charge in [0.05, 0.1) is 6.61 Å². The van der Waals surface area contributed by atoms with Crippen LogP contribution in [0.2, 0.25) is 0 Å². The van der Waals surface area contributed by atoms with Gasteiger partial charge in [-0.2, -0.15) is 0 Å². The van der Waals surface area contributed by atoms with Crippen molar-refractivity contribution in [2.45, 2.75) is 52.1 Å². The van der Waals surface area contributed by atoms with E-state index in [1.807, 2.05) is 0 Å². The van der Waals surface area contributed by atoms with Gasteiger partial charge in [-0.25, -0.2) is 0 Å². The second-order valence-corrected chi connectivity index (χ2v) is 5.50. The molecule has 1 fully saturated rings. The maximum absolute atomic E-state index is 5.79. The topological polar surface area (TPSA) is 21.3 Å². The predicted molar refractivity (Wildman–Crippen MR) is 75.9 cm³/mol. The molecule has 1 saturated carbocycles. The van der Waals surface area contributed by atoms with Crippen molar-refractivity contribution in [3.05, 3.63) is 29.8 Å². The molecular weight excluding hydrogens is 222 g/mol. The van der Waals surface area contributed by atoms with Crippen LogP contribution in [-0.2, 0) is 6.54 Å². The van der Waals surface area contributed by atoms with Crippen molar-refractivity contribution in [2.75, 3.05) is 6.61 Å². The van der Waals surface area contributed by atoms with Gasteiger partial charge >= 0.3 is 0 Å². The highest BCUT2D eigenvalue weighted by Crippen LogP contribution is 2.20. The first-order chi connectivity index (χ1) is 8.78. The zero-order valence-corrected chi connectivity index (χ0v) is 11.6. The van der Waals surface area contributed by atoms with Crippen molar-refractivity contribution in [2.24, 2.45) is 5.92 Å². The zero-order valence-electron chi connectivity index (χ0n) is 11.6. The fourth-order valence-corrected chi connectivity index (χ4v) is 2.07. The monoisotopic (exact) mass is 247 g/mol. The lowest BCUT2D eigenvalue weighted by atomic mass is 10.1. The molecule has 0 amide bonds. The van der Waals surface area contributed by atoms with Gasteiger partial charge in [0.15, 0.2) is 0 Å². The van der Waals surface area contributed by atoms with Crippen LogP contribution in [0.4, 0.5) is 0 Å². The SMILES string of the molecule is CCCC(C)COc1ccc(CNC2CC2)cc1. The van der Waals surface area contributed by atoms with Gasteiger partial charge in [-0.1, -0.05) is 32.4 Å². The number of rotatable bonds is 8. The van der Waals surface area contributed by atoms with Crippen LogP contribution in [0.1, 0.15) is 45.1 Å². The fraction of sp³-hybridized carbons (Fsp3) is 0.625. The molecule has 0 bridgehead atoms. The molecule has 1 atom stereocenters. The van der Waals surface area contributed by atoms with E-state index in [9.17, 15) is 0 Å². The summed E-state index contributed by atoms with van der Waals surface area (Å²) >= 11 is 0. The van der Waals surface area contributed by atoms with E-state index in [1.54, 1.807) is 0 Å². The smallest absolute Gasteiger partial charge is 0.119 e. The molecule has 1 unspecified atom stereocenters. The first-order valence-corrected chi connectivity index (χ1v) is 7.23. The summed E-state index contributed by atoms with van der Waals surface area (Å²) in [6.45, 7) is 6.28. The Morgan fingerprint density at radius 2 is 2.00 bits per heavy atom. The van der Waals surface area contributed by atoms with Gasteiger partial charge in [0.2, 0.25) is 0 Å². The third-order valence-corrected chi connectivity index (χ3v) is 3.41. The Bertz CT molecular complexity index is 343. The van der Waals surface area contributed by atoms with Gasteiger partial charge in [0.1, 0.15) is 5.75 Å². The summed E-state index contributed by atoms with van der Waals surface area (Å²) in [5.41, 5.74) is 1.34. The standard InChI is InChI=1S/C16H25NO/c1-3-4-13(2)12-18-16-9-5-14(6-10-16)11-17-15-7-8-15/h5-6,9-10,13,15,17H,3-4,7-8,11-12H2,1-2H3. The van der Waals surface area contributed by atoms with Crippen molar-refractivity contribution in [3.8, 4) is 5.75 Å². The lowest BCUT2D eigenvalue weighted by Gasteiger charge is -2.12. The minimum Gasteiger partial charge on any atom is -0.493 e. The summed E-state index contributed by atoms with van der Waals surface area (Å²) in [5, 5.41) is 3.52. The highest BCUT2D eigenvalue weighted by molar-refractivity contribution is 5.27. The van der Waals surface area contributed by atoms with E-state index in [1.165, 1.54) is 31.2 Å². The molecule has 0 aliphatic heterocycles. The van der Waals surface area contributed by atoms with Crippen molar-refractivity contribution in [1.82, 2.24) is 5.32 Å². The molecular formula is C16H25NO. The molecule has 18 heavy (non-hydrogen) atoms. The molecule has 1 aliphatic carbocycles. The highest BCUT2D eigenvalue weighted by atomic mass is 16.5. The minimum atomic E-state index is 0.645. The van der Waals surface area contributed by atoms with Crippen LogP contribution in [0, 0.1) is 5.92 Å². The molecule has 1 aliphatic rings. The van der Waals surface area contributed by atoms with Crippen molar-refractivity contribution < 1.29 is 4.74 Å². The van der Waals surface area contributed by atoms with E-state index in [4.69, 9.17) is 4.74 Å². The summed E-state index contributed by atoms with van der Waals surface area (Å²) in [6.07, 6.45) is 5.16. The molecule has 0 heterocycles. The third-order valence-electron chi connectivity index (χ3n) is 3.41. The molecule has 1 aromatic carbocycles. The predicted octanol–water partition coefficient (Wildman–Crippen LogP) is 3.75. The fourth-order valence-electron chi connectivity index (χ4n) is 2.07. The Morgan fingerprint density at radius 1 is 1.28 bits per heavy atom. The van der Waals surface area contributed by atoms with Crippen LogP contribution in [0.25, 0.3) is 0 Å². The maximum atomic E-state index is 5.79. The summed E-state index contributed by atoms with van der Waals surface area (Å²) < 4.78 is 5.79. The van der Waals surface area contributed by atoms with Gasteiger partial charge in [0.25, 0.3) is 0 Å². The Balaban J connectivity index is 1.72. The molecule has 1 N–H and O–H groups in total. The van der Waals surface area contributed by atoms with Crippen LogP contribution in [0.15, 0.2) is 24.3 Å². The Kier molecular flexibility index (Phi) is 5.06. The number of hydrogen-bond acceptors (Lipinski definition) is 2. The molecule has 0 aromatic heterocycles. The first-order valence-electron chi connectivity index (χ1n) is 7.23. The highest BCUT2D eigenvalue weighted by Gasteiger charge is 2.19. The van der Waals surface area contributed by atoms with Crippen LogP contribution < -0.4 is 10.1 Å². The molecule has 100 valence electrons. The van der Waals surface area contributed by atoms with Crippen LogP contribution in [-0.4, -0.2) is 12.6 Å². The van der Waals surface area contributed by atoms with Crippen molar-refractivity contribution in [1.29, 1.82) is 0 Å². The maximum Gasteiger partial charge on any atom is 0.119 e. The third kappa shape index (κ3) is 4.69. The van der Waals surface area contributed by atoms with E-state index in [0.29, 0.717) is 5.92 Å². The van der Waals surface area contributed by atoms with Gasteiger partial charge in [-0.05, 0) is 42.9 Å². The molecule has 2 heteroatoms. The van der Waals surface area contributed by atoms with E-state index < -0.39 is 0 Å². The zero-order chi connectivity index (χ0) is 12.8. The van der Waals surface area contributed by atoms with Crippen molar-refractivity contribution >= 4 is 0 Å². The Morgan fingerprint density at radius 3 is 2.61 bits per heavy atom. The van der Waals surface area contributed by atoms with E-state index in [0.717, 1.165) is 24.9 Å². The van der Waals surface area contributed by atoms with Gasteiger partial charge in [-0.3, -0.25) is 0 Å². The molecule has 0 radical (unpaired) electrons. The summed E-state index contributed by atoms with van der Waals surface area (Å²) in [4.78, 5) is 0. The normalized spacial score (nSPS) is 16.6. The largest absolute Gasteiger partial charge is 0.493 e. The summed E-state index contributed by atoms with van der Waals surface area (Å²) in [5.74, 6) is 1.64. The summed E-state index contributed by atoms with van der Waals surface area (Å²) in [7, 11) is 0. The molecule has 0 saturated heterocycles.